The minimum Gasteiger partial charge on any atom is -0.318 e. The van der Waals surface area contributed by atoms with E-state index in [0.29, 0.717) is 5.69 Å². The third-order valence-electron chi connectivity index (χ3n) is 2.79. The highest BCUT2D eigenvalue weighted by Crippen LogP contribution is 2.20. The van der Waals surface area contributed by atoms with Crippen molar-refractivity contribution in [3.8, 4) is 0 Å². The highest BCUT2D eigenvalue weighted by Gasteiger charge is 2.17. The number of hydrogen-bond acceptors (Lipinski definition) is 3. The van der Waals surface area contributed by atoms with Crippen LogP contribution in [0.4, 0.5) is 18.9 Å². The van der Waals surface area contributed by atoms with Crippen molar-refractivity contribution in [2.24, 2.45) is 0 Å². The third-order valence-corrected chi connectivity index (χ3v) is 2.79. The molecule has 0 bridgehead atoms. The molecule has 0 aliphatic rings. The minimum atomic E-state index is -1.64. The van der Waals surface area contributed by atoms with Gasteiger partial charge in [-0.25, -0.2) is 13.2 Å². The Balaban J connectivity index is 2.20. The van der Waals surface area contributed by atoms with Crippen LogP contribution in [0.5, 0.6) is 0 Å². The molecule has 0 saturated carbocycles. The zero-order chi connectivity index (χ0) is 15.6. The van der Waals surface area contributed by atoms with Crippen LogP contribution in [0.1, 0.15) is 35.9 Å². The van der Waals surface area contributed by atoms with Crippen molar-refractivity contribution in [1.29, 1.82) is 0 Å². The molecule has 0 saturated heterocycles. The van der Waals surface area contributed by atoms with Gasteiger partial charge in [-0.3, -0.25) is 4.79 Å². The number of carbonyl (C=O) groups is 1. The Morgan fingerprint density at radius 3 is 2.33 bits per heavy atom. The summed E-state index contributed by atoms with van der Waals surface area (Å²) in [6.45, 7) is 3.83. The molecular formula is C14H12F3N3O. The van der Waals surface area contributed by atoms with Crippen molar-refractivity contribution >= 4 is 11.6 Å². The largest absolute Gasteiger partial charge is 0.318 e. The molecule has 1 N–H and O–H groups in total. The van der Waals surface area contributed by atoms with Crippen LogP contribution in [-0.4, -0.2) is 16.1 Å². The SMILES string of the molecule is CC(C)c1ccc(C(=O)Nc2ccc(F)c(F)c2F)nn1. The first kappa shape index (κ1) is 15.0. The molecule has 110 valence electrons. The monoisotopic (exact) mass is 295 g/mol. The van der Waals surface area contributed by atoms with Gasteiger partial charge in [0.05, 0.1) is 11.4 Å². The first-order valence-corrected chi connectivity index (χ1v) is 6.18. The van der Waals surface area contributed by atoms with E-state index in [2.05, 4.69) is 15.5 Å². The number of benzene rings is 1. The molecule has 0 radical (unpaired) electrons. The van der Waals surface area contributed by atoms with Crippen LogP contribution < -0.4 is 5.32 Å². The van der Waals surface area contributed by atoms with Crippen molar-refractivity contribution in [3.63, 3.8) is 0 Å². The number of amides is 1. The van der Waals surface area contributed by atoms with E-state index in [1.165, 1.54) is 6.07 Å². The first-order valence-electron chi connectivity index (χ1n) is 6.18. The average Bonchev–Trinajstić information content (AvgIpc) is 2.48. The number of rotatable bonds is 3. The molecule has 0 spiro atoms. The van der Waals surface area contributed by atoms with Crippen LogP contribution in [-0.2, 0) is 0 Å². The third kappa shape index (κ3) is 3.18. The fourth-order valence-corrected chi connectivity index (χ4v) is 1.58. The molecule has 7 heteroatoms. The Hall–Kier alpha value is -2.44. The van der Waals surface area contributed by atoms with Gasteiger partial charge in [0.25, 0.3) is 5.91 Å². The van der Waals surface area contributed by atoms with Crippen LogP contribution in [0.25, 0.3) is 0 Å². The second-order valence-corrected chi connectivity index (χ2v) is 4.68. The van der Waals surface area contributed by atoms with E-state index in [-0.39, 0.29) is 11.6 Å². The summed E-state index contributed by atoms with van der Waals surface area (Å²) in [6, 6.07) is 4.70. The number of hydrogen-bond donors (Lipinski definition) is 1. The summed E-state index contributed by atoms with van der Waals surface area (Å²) >= 11 is 0. The van der Waals surface area contributed by atoms with Gasteiger partial charge in [-0.15, -0.1) is 5.10 Å². The maximum absolute atomic E-state index is 13.4. The maximum Gasteiger partial charge on any atom is 0.276 e. The zero-order valence-electron chi connectivity index (χ0n) is 11.3. The van der Waals surface area contributed by atoms with Crippen molar-refractivity contribution in [2.75, 3.05) is 5.32 Å². The summed E-state index contributed by atoms with van der Waals surface area (Å²) in [6.07, 6.45) is 0. The Morgan fingerprint density at radius 1 is 1.05 bits per heavy atom. The lowest BCUT2D eigenvalue weighted by Gasteiger charge is -2.07. The van der Waals surface area contributed by atoms with E-state index >= 15 is 0 Å². The molecular weight excluding hydrogens is 283 g/mol. The van der Waals surface area contributed by atoms with Crippen LogP contribution in [0, 0.1) is 17.5 Å². The van der Waals surface area contributed by atoms with Crippen molar-refractivity contribution in [3.05, 3.63) is 53.1 Å². The fraction of sp³-hybridized carbons (Fsp3) is 0.214. The number of carbonyl (C=O) groups excluding carboxylic acids is 1. The summed E-state index contributed by atoms with van der Waals surface area (Å²) in [7, 11) is 0. The molecule has 1 amide bonds. The molecule has 0 unspecified atom stereocenters. The topological polar surface area (TPSA) is 54.9 Å². The van der Waals surface area contributed by atoms with Crippen molar-refractivity contribution in [1.82, 2.24) is 10.2 Å². The van der Waals surface area contributed by atoms with E-state index in [1.807, 2.05) is 13.8 Å². The number of anilines is 1. The molecule has 0 aliphatic carbocycles. The summed E-state index contributed by atoms with van der Waals surface area (Å²) in [5.74, 6) is -5.04. The molecule has 2 rings (SSSR count). The van der Waals surface area contributed by atoms with E-state index in [1.54, 1.807) is 6.07 Å². The molecule has 4 nitrogen and oxygen atoms in total. The van der Waals surface area contributed by atoms with Gasteiger partial charge in [-0.1, -0.05) is 13.8 Å². The zero-order valence-corrected chi connectivity index (χ0v) is 11.3. The normalized spacial score (nSPS) is 10.8. The van der Waals surface area contributed by atoms with E-state index in [9.17, 15) is 18.0 Å². The lowest BCUT2D eigenvalue weighted by molar-refractivity contribution is 0.102. The average molecular weight is 295 g/mol. The van der Waals surface area contributed by atoms with Crippen LogP contribution in [0.2, 0.25) is 0 Å². The van der Waals surface area contributed by atoms with Gasteiger partial charge < -0.3 is 5.32 Å². The standard InChI is InChI=1S/C14H12F3N3O/c1-7(2)9-5-6-11(20-19-9)14(21)18-10-4-3-8(15)12(16)13(10)17/h3-7H,1-2H3,(H,18,21). The number of nitrogens with one attached hydrogen (secondary N) is 1. The second-order valence-electron chi connectivity index (χ2n) is 4.68. The Bertz CT molecular complexity index is 672. The predicted octanol–water partition coefficient (Wildman–Crippen LogP) is 3.27. The molecule has 0 fully saturated rings. The Kier molecular flexibility index (Phi) is 4.21. The molecule has 1 aromatic heterocycles. The highest BCUT2D eigenvalue weighted by molar-refractivity contribution is 6.02. The minimum absolute atomic E-state index is 0.0523. The van der Waals surface area contributed by atoms with Crippen LogP contribution >= 0.6 is 0 Å². The van der Waals surface area contributed by atoms with Gasteiger partial charge in [-0.2, -0.15) is 5.10 Å². The van der Waals surface area contributed by atoms with Crippen LogP contribution in [0.15, 0.2) is 24.3 Å². The number of aromatic nitrogens is 2. The molecule has 1 heterocycles. The van der Waals surface area contributed by atoms with Crippen LogP contribution in [0.3, 0.4) is 0 Å². The summed E-state index contributed by atoms with van der Waals surface area (Å²) in [5.41, 5.74) is 0.183. The molecule has 0 aliphatic heterocycles. The van der Waals surface area contributed by atoms with E-state index < -0.39 is 29.0 Å². The number of nitrogens with zero attached hydrogens (tertiary/aromatic N) is 2. The quantitative estimate of drug-likeness (QED) is 0.884. The van der Waals surface area contributed by atoms with Gasteiger partial charge in [0.2, 0.25) is 0 Å². The Labute approximate surface area is 119 Å². The van der Waals surface area contributed by atoms with Gasteiger partial charge in [0.15, 0.2) is 23.1 Å². The summed E-state index contributed by atoms with van der Waals surface area (Å²) in [4.78, 5) is 11.8. The Morgan fingerprint density at radius 2 is 1.76 bits per heavy atom. The maximum atomic E-state index is 13.4. The smallest absolute Gasteiger partial charge is 0.276 e. The summed E-state index contributed by atoms with van der Waals surface area (Å²) in [5, 5.41) is 9.69. The van der Waals surface area contributed by atoms with Gasteiger partial charge in [-0.05, 0) is 30.2 Å². The molecule has 1 aromatic carbocycles. The number of halogens is 3. The van der Waals surface area contributed by atoms with Gasteiger partial charge in [0.1, 0.15) is 0 Å². The second kappa shape index (κ2) is 5.90. The van der Waals surface area contributed by atoms with Gasteiger partial charge >= 0.3 is 0 Å². The van der Waals surface area contributed by atoms with Crippen molar-refractivity contribution < 1.29 is 18.0 Å². The highest BCUT2D eigenvalue weighted by atomic mass is 19.2. The van der Waals surface area contributed by atoms with E-state index in [0.717, 1.165) is 12.1 Å². The molecule has 2 aromatic rings. The summed E-state index contributed by atoms with van der Waals surface area (Å²) < 4.78 is 39.3. The fourth-order valence-electron chi connectivity index (χ4n) is 1.58. The molecule has 21 heavy (non-hydrogen) atoms. The molecule has 0 atom stereocenters. The predicted molar refractivity (Wildman–Crippen MR) is 70.4 cm³/mol. The lowest BCUT2D eigenvalue weighted by Crippen LogP contribution is -2.16. The first-order chi connectivity index (χ1) is 9.90. The van der Waals surface area contributed by atoms with Crippen molar-refractivity contribution in [2.45, 2.75) is 19.8 Å². The van der Waals surface area contributed by atoms with Gasteiger partial charge in [0, 0.05) is 0 Å². The van der Waals surface area contributed by atoms with E-state index in [4.69, 9.17) is 0 Å². The lowest BCUT2D eigenvalue weighted by atomic mass is 10.1.